The number of halogens is 4. The van der Waals surface area contributed by atoms with Crippen LogP contribution in [0.4, 0.5) is 29.5 Å². The maximum Gasteiger partial charge on any atom is 0.490 e. The molecule has 1 saturated heterocycles. The SMILES string of the molecule is Nc1ncnc2cc(CN3CC[C@H](NC(=O)Nc4ccc(Cl)cc4)C3=O)ccc12.O=C(O)C(F)(F)F. The van der Waals surface area contributed by atoms with Gasteiger partial charge in [-0.25, -0.2) is 19.6 Å². The molecule has 0 aliphatic carbocycles. The zero-order valence-electron chi connectivity index (χ0n) is 18.4. The molecule has 4 rings (SSSR count). The zero-order chi connectivity index (χ0) is 26.5. The molecular weight excluding hydrogens is 505 g/mol. The summed E-state index contributed by atoms with van der Waals surface area (Å²) in [6.45, 7) is 1.00. The van der Waals surface area contributed by atoms with Crippen molar-refractivity contribution in [2.75, 3.05) is 17.6 Å². The van der Waals surface area contributed by atoms with Gasteiger partial charge in [-0.15, -0.1) is 0 Å². The second-order valence-electron chi connectivity index (χ2n) is 7.62. The fourth-order valence-electron chi connectivity index (χ4n) is 3.33. The fraction of sp³-hybridized carbons (Fsp3) is 0.227. The van der Waals surface area contributed by atoms with E-state index in [0.717, 1.165) is 16.5 Å². The molecule has 1 aliphatic rings. The quantitative estimate of drug-likeness (QED) is 0.408. The number of fused-ring (bicyclic) bond motifs is 1. The van der Waals surface area contributed by atoms with Gasteiger partial charge in [-0.05, 0) is 48.4 Å². The topological polar surface area (TPSA) is 151 Å². The average molecular weight is 525 g/mol. The van der Waals surface area contributed by atoms with Gasteiger partial charge < -0.3 is 26.4 Å². The maximum atomic E-state index is 12.7. The first kappa shape index (κ1) is 26.5. The molecule has 2 aromatic carbocycles. The number of nitrogens with zero attached hydrogens (tertiary/aromatic N) is 3. The number of carboxylic acid groups (broad SMARTS) is 1. The Morgan fingerprint density at radius 3 is 2.47 bits per heavy atom. The summed E-state index contributed by atoms with van der Waals surface area (Å²) >= 11 is 5.84. The van der Waals surface area contributed by atoms with Crippen LogP contribution >= 0.6 is 11.6 Å². The molecule has 1 atom stereocenters. The highest BCUT2D eigenvalue weighted by Gasteiger charge is 2.38. The number of amides is 3. The van der Waals surface area contributed by atoms with Crippen LogP contribution < -0.4 is 16.4 Å². The number of carboxylic acids is 1. The molecule has 1 aliphatic heterocycles. The van der Waals surface area contributed by atoms with E-state index >= 15 is 0 Å². The lowest BCUT2D eigenvalue weighted by Gasteiger charge is -2.18. The van der Waals surface area contributed by atoms with E-state index in [2.05, 4.69) is 20.6 Å². The highest BCUT2D eigenvalue weighted by molar-refractivity contribution is 6.30. The summed E-state index contributed by atoms with van der Waals surface area (Å²) in [7, 11) is 0. The molecule has 14 heteroatoms. The molecule has 10 nitrogen and oxygen atoms in total. The van der Waals surface area contributed by atoms with Gasteiger partial charge in [-0.2, -0.15) is 13.2 Å². The third kappa shape index (κ3) is 6.95. The summed E-state index contributed by atoms with van der Waals surface area (Å²) in [6, 6.07) is 11.4. The number of urea groups is 1. The monoisotopic (exact) mass is 524 g/mol. The van der Waals surface area contributed by atoms with Crippen molar-refractivity contribution in [3.8, 4) is 0 Å². The Morgan fingerprint density at radius 1 is 1.17 bits per heavy atom. The number of likely N-dealkylation sites (tertiary alicyclic amines) is 1. The maximum absolute atomic E-state index is 12.7. The number of carbonyl (C=O) groups excluding carboxylic acids is 2. The van der Waals surface area contributed by atoms with Crippen LogP contribution in [-0.4, -0.2) is 56.6 Å². The third-order valence-electron chi connectivity index (χ3n) is 5.05. The van der Waals surface area contributed by atoms with Gasteiger partial charge in [0.25, 0.3) is 0 Å². The number of hydrogen-bond donors (Lipinski definition) is 4. The Morgan fingerprint density at radius 2 is 1.83 bits per heavy atom. The van der Waals surface area contributed by atoms with Gasteiger partial charge in [0.05, 0.1) is 5.52 Å². The lowest BCUT2D eigenvalue weighted by atomic mass is 10.1. The smallest absolute Gasteiger partial charge is 0.475 e. The van der Waals surface area contributed by atoms with Crippen molar-refractivity contribution in [2.24, 2.45) is 0 Å². The van der Waals surface area contributed by atoms with Crippen LogP contribution in [0.3, 0.4) is 0 Å². The van der Waals surface area contributed by atoms with E-state index < -0.39 is 24.2 Å². The van der Waals surface area contributed by atoms with Crippen LogP contribution in [0.2, 0.25) is 5.02 Å². The van der Waals surface area contributed by atoms with Gasteiger partial charge in [0, 0.05) is 29.2 Å². The zero-order valence-corrected chi connectivity index (χ0v) is 19.2. The number of hydrogen-bond acceptors (Lipinski definition) is 6. The van der Waals surface area contributed by atoms with E-state index in [1.54, 1.807) is 29.2 Å². The number of nitrogens with one attached hydrogen (secondary N) is 2. The van der Waals surface area contributed by atoms with Crippen LogP contribution in [0.1, 0.15) is 12.0 Å². The van der Waals surface area contributed by atoms with E-state index in [-0.39, 0.29) is 5.91 Å². The molecular formula is C22H20ClF3N6O4. The van der Waals surface area contributed by atoms with Crippen molar-refractivity contribution in [3.05, 3.63) is 59.4 Å². The lowest BCUT2D eigenvalue weighted by molar-refractivity contribution is -0.192. The molecule has 190 valence electrons. The Kier molecular flexibility index (Phi) is 8.14. The minimum Gasteiger partial charge on any atom is -0.475 e. The second-order valence-corrected chi connectivity index (χ2v) is 8.06. The third-order valence-corrected chi connectivity index (χ3v) is 5.30. The highest BCUT2D eigenvalue weighted by atomic mass is 35.5. The van der Waals surface area contributed by atoms with E-state index in [1.807, 2.05) is 18.2 Å². The molecule has 5 N–H and O–H groups in total. The van der Waals surface area contributed by atoms with Crippen molar-refractivity contribution in [1.29, 1.82) is 0 Å². The largest absolute Gasteiger partial charge is 0.490 e. The number of alkyl halides is 3. The number of nitrogen functional groups attached to an aromatic ring is 1. The molecule has 36 heavy (non-hydrogen) atoms. The first-order valence-corrected chi connectivity index (χ1v) is 10.7. The number of aromatic nitrogens is 2. The molecule has 0 unspecified atom stereocenters. The minimum absolute atomic E-state index is 0.112. The summed E-state index contributed by atoms with van der Waals surface area (Å²) in [4.78, 5) is 43.7. The number of rotatable bonds is 4. The Labute approximate surface area is 207 Å². The molecule has 0 radical (unpaired) electrons. The van der Waals surface area contributed by atoms with Gasteiger partial charge in [0.15, 0.2) is 0 Å². The Hall–Kier alpha value is -4.13. The van der Waals surface area contributed by atoms with Gasteiger partial charge in [0.2, 0.25) is 5.91 Å². The van der Waals surface area contributed by atoms with E-state index in [9.17, 15) is 22.8 Å². The average Bonchev–Trinajstić information content (AvgIpc) is 3.14. The summed E-state index contributed by atoms with van der Waals surface area (Å²) in [5.41, 5.74) is 8.13. The van der Waals surface area contributed by atoms with Gasteiger partial charge >= 0.3 is 18.2 Å². The molecule has 0 bridgehead atoms. The second kappa shape index (κ2) is 11.1. The van der Waals surface area contributed by atoms with E-state index in [0.29, 0.717) is 36.0 Å². The van der Waals surface area contributed by atoms with Crippen molar-refractivity contribution in [3.63, 3.8) is 0 Å². The van der Waals surface area contributed by atoms with Crippen LogP contribution in [0.5, 0.6) is 0 Å². The molecule has 0 saturated carbocycles. The number of nitrogens with two attached hydrogens (primary N) is 1. The van der Waals surface area contributed by atoms with E-state index in [4.69, 9.17) is 27.2 Å². The summed E-state index contributed by atoms with van der Waals surface area (Å²) in [6.07, 6.45) is -3.11. The number of carbonyl (C=O) groups is 3. The molecule has 0 spiro atoms. The Bertz CT molecular complexity index is 1270. The predicted molar refractivity (Wildman–Crippen MR) is 125 cm³/mol. The molecule has 2 heterocycles. The first-order valence-electron chi connectivity index (χ1n) is 10.3. The number of anilines is 2. The highest BCUT2D eigenvalue weighted by Crippen LogP contribution is 2.21. The van der Waals surface area contributed by atoms with Crippen LogP contribution in [0, 0.1) is 0 Å². The van der Waals surface area contributed by atoms with Crippen molar-refractivity contribution < 1.29 is 32.7 Å². The van der Waals surface area contributed by atoms with Crippen LogP contribution in [0.25, 0.3) is 10.9 Å². The molecule has 3 amide bonds. The molecule has 1 aromatic heterocycles. The first-order chi connectivity index (χ1) is 16.9. The number of aliphatic carboxylic acids is 1. The molecule has 3 aromatic rings. The van der Waals surface area contributed by atoms with Crippen molar-refractivity contribution in [1.82, 2.24) is 20.2 Å². The molecule has 1 fully saturated rings. The summed E-state index contributed by atoms with van der Waals surface area (Å²) < 4.78 is 31.7. The van der Waals surface area contributed by atoms with Crippen LogP contribution in [0.15, 0.2) is 48.8 Å². The summed E-state index contributed by atoms with van der Waals surface area (Å²) in [5, 5.41) is 13.9. The van der Waals surface area contributed by atoms with Gasteiger partial charge in [-0.1, -0.05) is 17.7 Å². The number of benzene rings is 2. The normalized spacial score (nSPS) is 15.3. The van der Waals surface area contributed by atoms with Gasteiger partial charge in [0.1, 0.15) is 18.2 Å². The standard InChI is InChI=1S/C20H19ClN6O2.C2HF3O2/c21-13-2-4-14(5-3-13)25-20(29)26-16-7-8-27(19(16)28)10-12-1-6-15-17(9-12)23-11-24-18(15)22;3-2(4,5)1(6)7/h1-6,9,11,16H,7-8,10H2,(H2,22,23,24)(H2,25,26,29);(H,6,7)/t16-;/m0./s1. The lowest BCUT2D eigenvalue weighted by Crippen LogP contribution is -2.43. The Balaban J connectivity index is 0.000000454. The van der Waals surface area contributed by atoms with Crippen LogP contribution in [-0.2, 0) is 16.1 Å². The summed E-state index contributed by atoms with van der Waals surface area (Å²) in [5.74, 6) is -2.44. The van der Waals surface area contributed by atoms with Gasteiger partial charge in [-0.3, -0.25) is 4.79 Å². The van der Waals surface area contributed by atoms with Crippen molar-refractivity contribution >= 4 is 51.9 Å². The predicted octanol–water partition coefficient (Wildman–Crippen LogP) is 3.42. The minimum atomic E-state index is -5.08. The van der Waals surface area contributed by atoms with Crippen molar-refractivity contribution in [2.45, 2.75) is 25.2 Å². The fourth-order valence-corrected chi connectivity index (χ4v) is 3.46. The van der Waals surface area contributed by atoms with E-state index in [1.165, 1.54) is 6.33 Å².